The van der Waals surface area contributed by atoms with Gasteiger partial charge in [-0.2, -0.15) is 0 Å². The second-order valence-corrected chi connectivity index (χ2v) is 4.96. The number of amides is 1. The summed E-state index contributed by atoms with van der Waals surface area (Å²) >= 11 is 11.7. The number of carbonyl (C=O) groups excluding carboxylic acids is 1. The molecule has 98 valence electrons. The summed E-state index contributed by atoms with van der Waals surface area (Å²) in [6.07, 6.45) is 5.95. The smallest absolute Gasteiger partial charge is 0.238 e. The van der Waals surface area contributed by atoms with Gasteiger partial charge in [0.2, 0.25) is 5.91 Å². The van der Waals surface area contributed by atoms with Gasteiger partial charge in [-0.15, -0.1) is 0 Å². The van der Waals surface area contributed by atoms with Crippen molar-refractivity contribution >= 4 is 34.8 Å². The number of nitrogens with one attached hydrogen (secondary N) is 2. The number of anilines is 1. The molecule has 1 heterocycles. The van der Waals surface area contributed by atoms with Crippen molar-refractivity contribution in [2.45, 2.75) is 31.7 Å². The van der Waals surface area contributed by atoms with E-state index < -0.39 is 0 Å². The first-order valence-electron chi connectivity index (χ1n) is 5.86. The Morgan fingerprint density at radius 2 is 1.89 bits per heavy atom. The zero-order chi connectivity index (χ0) is 13.0. The average Bonchev–Trinajstić information content (AvgIpc) is 2.84. The molecule has 0 atom stereocenters. The van der Waals surface area contributed by atoms with Crippen LogP contribution in [0.15, 0.2) is 6.33 Å². The highest BCUT2D eigenvalue weighted by Gasteiger charge is 2.16. The SMILES string of the molecule is O=C(CNC1CCCC1)Nc1c(Cl)ncnc1Cl. The lowest BCUT2D eigenvalue weighted by atomic mass is 10.2. The van der Waals surface area contributed by atoms with E-state index in [0.29, 0.717) is 6.04 Å². The van der Waals surface area contributed by atoms with E-state index in [9.17, 15) is 4.79 Å². The van der Waals surface area contributed by atoms with Gasteiger partial charge >= 0.3 is 0 Å². The van der Waals surface area contributed by atoms with Gasteiger partial charge in [0.1, 0.15) is 12.0 Å². The van der Waals surface area contributed by atoms with E-state index in [1.165, 1.54) is 19.2 Å². The van der Waals surface area contributed by atoms with Crippen LogP contribution in [-0.4, -0.2) is 28.5 Å². The van der Waals surface area contributed by atoms with Crippen molar-refractivity contribution in [2.24, 2.45) is 0 Å². The van der Waals surface area contributed by atoms with Crippen molar-refractivity contribution in [2.75, 3.05) is 11.9 Å². The molecule has 0 saturated heterocycles. The van der Waals surface area contributed by atoms with E-state index in [2.05, 4.69) is 20.6 Å². The minimum Gasteiger partial charge on any atom is -0.320 e. The van der Waals surface area contributed by atoms with Crippen LogP contribution in [0, 0.1) is 0 Å². The van der Waals surface area contributed by atoms with Gasteiger partial charge in [0.15, 0.2) is 10.3 Å². The lowest BCUT2D eigenvalue weighted by Crippen LogP contribution is -2.34. The number of hydrogen-bond donors (Lipinski definition) is 2. The molecule has 1 aromatic heterocycles. The third kappa shape index (κ3) is 3.54. The largest absolute Gasteiger partial charge is 0.320 e. The van der Waals surface area contributed by atoms with Crippen LogP contribution in [0.2, 0.25) is 10.3 Å². The Kier molecular flexibility index (Phi) is 4.74. The van der Waals surface area contributed by atoms with Crippen LogP contribution in [0.4, 0.5) is 5.69 Å². The van der Waals surface area contributed by atoms with Crippen LogP contribution in [0.5, 0.6) is 0 Å². The van der Waals surface area contributed by atoms with Crippen LogP contribution in [0.3, 0.4) is 0 Å². The summed E-state index contributed by atoms with van der Waals surface area (Å²) in [6, 6.07) is 0.439. The summed E-state index contributed by atoms with van der Waals surface area (Å²) in [4.78, 5) is 19.3. The van der Waals surface area contributed by atoms with Gasteiger partial charge in [-0.05, 0) is 12.8 Å². The first-order valence-corrected chi connectivity index (χ1v) is 6.61. The predicted octanol–water partition coefficient (Wildman–Crippen LogP) is 2.25. The maximum Gasteiger partial charge on any atom is 0.238 e. The van der Waals surface area contributed by atoms with Crippen molar-refractivity contribution in [3.63, 3.8) is 0 Å². The molecule has 1 fully saturated rings. The van der Waals surface area contributed by atoms with Gasteiger partial charge in [-0.25, -0.2) is 9.97 Å². The Morgan fingerprint density at radius 1 is 1.28 bits per heavy atom. The molecule has 2 rings (SSSR count). The highest BCUT2D eigenvalue weighted by Crippen LogP contribution is 2.25. The van der Waals surface area contributed by atoms with Crippen LogP contribution >= 0.6 is 23.2 Å². The normalized spacial score (nSPS) is 15.9. The molecule has 0 bridgehead atoms. The zero-order valence-corrected chi connectivity index (χ0v) is 11.3. The van der Waals surface area contributed by atoms with Gasteiger partial charge in [-0.1, -0.05) is 36.0 Å². The van der Waals surface area contributed by atoms with Crippen LogP contribution in [0.25, 0.3) is 0 Å². The third-order valence-corrected chi connectivity index (χ3v) is 3.50. The van der Waals surface area contributed by atoms with Crippen molar-refractivity contribution in [1.82, 2.24) is 15.3 Å². The minimum absolute atomic E-state index is 0.143. The Hall–Kier alpha value is -0.910. The molecule has 1 aromatic rings. The summed E-state index contributed by atoms with van der Waals surface area (Å²) in [5.74, 6) is -0.194. The lowest BCUT2D eigenvalue weighted by molar-refractivity contribution is -0.115. The maximum atomic E-state index is 11.7. The van der Waals surface area contributed by atoms with Crippen LogP contribution < -0.4 is 10.6 Å². The van der Waals surface area contributed by atoms with E-state index in [1.54, 1.807) is 0 Å². The maximum absolute atomic E-state index is 11.7. The van der Waals surface area contributed by atoms with Crippen molar-refractivity contribution < 1.29 is 4.79 Å². The molecule has 0 spiro atoms. The van der Waals surface area contributed by atoms with Gasteiger partial charge in [0.25, 0.3) is 0 Å². The number of rotatable bonds is 4. The molecule has 7 heteroatoms. The Balaban J connectivity index is 1.86. The molecule has 5 nitrogen and oxygen atoms in total. The molecule has 1 aliphatic rings. The molecule has 2 N–H and O–H groups in total. The summed E-state index contributed by atoms with van der Waals surface area (Å²) in [5, 5.41) is 6.10. The number of hydrogen-bond acceptors (Lipinski definition) is 4. The first-order chi connectivity index (χ1) is 8.66. The molecule has 1 amide bonds. The third-order valence-electron chi connectivity index (χ3n) is 2.93. The van der Waals surface area contributed by atoms with E-state index in [-0.39, 0.29) is 28.4 Å². The Morgan fingerprint density at radius 3 is 2.50 bits per heavy atom. The first kappa shape index (κ1) is 13.5. The van der Waals surface area contributed by atoms with Crippen LogP contribution in [0.1, 0.15) is 25.7 Å². The monoisotopic (exact) mass is 288 g/mol. The zero-order valence-electron chi connectivity index (χ0n) is 9.75. The average molecular weight is 289 g/mol. The fraction of sp³-hybridized carbons (Fsp3) is 0.545. The predicted molar refractivity (Wildman–Crippen MR) is 70.9 cm³/mol. The number of aromatic nitrogens is 2. The molecule has 18 heavy (non-hydrogen) atoms. The molecule has 0 unspecified atom stereocenters. The summed E-state index contributed by atoms with van der Waals surface area (Å²) in [7, 11) is 0. The van der Waals surface area contributed by atoms with E-state index in [1.807, 2.05) is 0 Å². The summed E-state index contributed by atoms with van der Waals surface area (Å²) in [6.45, 7) is 0.242. The second-order valence-electron chi connectivity index (χ2n) is 4.24. The van der Waals surface area contributed by atoms with Crippen molar-refractivity contribution in [3.05, 3.63) is 16.6 Å². The van der Waals surface area contributed by atoms with Gasteiger partial charge < -0.3 is 10.6 Å². The highest BCUT2D eigenvalue weighted by atomic mass is 35.5. The topological polar surface area (TPSA) is 66.9 Å². The van der Waals surface area contributed by atoms with E-state index in [4.69, 9.17) is 23.2 Å². The Labute approximate surface area is 115 Å². The molecular weight excluding hydrogens is 275 g/mol. The lowest BCUT2D eigenvalue weighted by Gasteiger charge is -2.12. The van der Waals surface area contributed by atoms with Crippen LogP contribution in [-0.2, 0) is 4.79 Å². The van der Waals surface area contributed by atoms with E-state index >= 15 is 0 Å². The second kappa shape index (κ2) is 6.31. The number of carbonyl (C=O) groups is 1. The Bertz CT molecular complexity index is 415. The van der Waals surface area contributed by atoms with Crippen molar-refractivity contribution in [1.29, 1.82) is 0 Å². The molecule has 1 saturated carbocycles. The van der Waals surface area contributed by atoms with Gasteiger partial charge in [0, 0.05) is 6.04 Å². The summed E-state index contributed by atoms with van der Waals surface area (Å²) < 4.78 is 0. The fourth-order valence-corrected chi connectivity index (χ4v) is 2.41. The minimum atomic E-state index is -0.194. The molecule has 0 radical (unpaired) electrons. The molecular formula is C11H14Cl2N4O. The number of halogens is 2. The van der Waals surface area contributed by atoms with Gasteiger partial charge in [0.05, 0.1) is 6.54 Å². The van der Waals surface area contributed by atoms with E-state index in [0.717, 1.165) is 12.8 Å². The summed E-state index contributed by atoms with van der Waals surface area (Å²) in [5.41, 5.74) is 0.263. The number of nitrogens with zero attached hydrogens (tertiary/aromatic N) is 2. The van der Waals surface area contributed by atoms with Crippen molar-refractivity contribution in [3.8, 4) is 0 Å². The quantitative estimate of drug-likeness (QED) is 0.834. The fourth-order valence-electron chi connectivity index (χ4n) is 2.00. The molecule has 0 aromatic carbocycles. The molecule has 0 aliphatic heterocycles. The standard InChI is InChI=1S/C11H14Cl2N4O/c12-10-9(11(13)16-6-15-10)17-8(18)5-14-7-3-1-2-4-7/h6-7,14H,1-5H2,(H,17,18). The highest BCUT2D eigenvalue weighted by molar-refractivity contribution is 6.38. The van der Waals surface area contributed by atoms with Gasteiger partial charge in [-0.3, -0.25) is 4.79 Å². The molecule has 1 aliphatic carbocycles.